The number of rotatable bonds is 3. The lowest BCUT2D eigenvalue weighted by Gasteiger charge is -2.21. The molecule has 0 aliphatic carbocycles. The van der Waals surface area contributed by atoms with Gasteiger partial charge < -0.3 is 5.32 Å². The molecule has 0 bridgehead atoms. The van der Waals surface area contributed by atoms with Crippen molar-refractivity contribution < 1.29 is 4.79 Å². The van der Waals surface area contributed by atoms with Crippen LogP contribution in [0.4, 0.5) is 0 Å². The Morgan fingerprint density at radius 3 is 2.78 bits per heavy atom. The molecule has 1 amide bonds. The van der Waals surface area contributed by atoms with Crippen molar-refractivity contribution in [3.05, 3.63) is 35.4 Å². The summed E-state index contributed by atoms with van der Waals surface area (Å²) in [6.07, 6.45) is 2.07. The molecule has 0 saturated carbocycles. The average molecular weight is 260 g/mol. The lowest BCUT2D eigenvalue weighted by Crippen LogP contribution is -2.39. The Morgan fingerprint density at radius 2 is 2.22 bits per heavy atom. The van der Waals surface area contributed by atoms with E-state index >= 15 is 0 Å². The lowest BCUT2D eigenvalue weighted by molar-refractivity contribution is -0.123. The van der Waals surface area contributed by atoms with Gasteiger partial charge in [-0.3, -0.25) is 4.79 Å². The van der Waals surface area contributed by atoms with Gasteiger partial charge in [-0.1, -0.05) is 12.1 Å². The fraction of sp³-hybridized carbons (Fsp3) is 0.429. The molecule has 1 N–H and O–H groups in total. The summed E-state index contributed by atoms with van der Waals surface area (Å²) < 4.78 is -0.257. The Balaban J connectivity index is 1.91. The number of nitrogens with one attached hydrogen (secondary N) is 1. The molecule has 4 heteroatoms. The zero-order valence-electron chi connectivity index (χ0n) is 10.4. The van der Waals surface area contributed by atoms with E-state index in [2.05, 4.69) is 11.4 Å². The Morgan fingerprint density at radius 1 is 1.50 bits per heavy atom. The minimum atomic E-state index is -0.257. The number of hydrogen-bond acceptors (Lipinski definition) is 3. The molecule has 18 heavy (non-hydrogen) atoms. The molecule has 1 saturated heterocycles. The molecule has 1 atom stereocenters. The molecule has 0 aromatic heterocycles. The van der Waals surface area contributed by atoms with Gasteiger partial charge in [0.25, 0.3) is 0 Å². The van der Waals surface area contributed by atoms with Crippen LogP contribution in [0.2, 0.25) is 0 Å². The second-order valence-corrected chi connectivity index (χ2v) is 6.27. The van der Waals surface area contributed by atoms with E-state index in [-0.39, 0.29) is 10.7 Å². The van der Waals surface area contributed by atoms with Gasteiger partial charge in [0.2, 0.25) is 5.91 Å². The van der Waals surface area contributed by atoms with Crippen LogP contribution in [0.15, 0.2) is 24.3 Å². The molecule has 1 fully saturated rings. The third-order valence-corrected chi connectivity index (χ3v) is 4.75. The Labute approximate surface area is 112 Å². The third kappa shape index (κ3) is 2.85. The fourth-order valence-electron chi connectivity index (χ4n) is 2.02. The summed E-state index contributed by atoms with van der Waals surface area (Å²) >= 11 is 1.74. The monoisotopic (exact) mass is 260 g/mol. The van der Waals surface area contributed by atoms with Crippen LogP contribution in [0.5, 0.6) is 0 Å². The molecule has 1 aliphatic rings. The van der Waals surface area contributed by atoms with E-state index in [9.17, 15) is 4.79 Å². The summed E-state index contributed by atoms with van der Waals surface area (Å²) in [7, 11) is 0. The molecule has 0 radical (unpaired) electrons. The van der Waals surface area contributed by atoms with E-state index in [0.717, 1.165) is 24.2 Å². The van der Waals surface area contributed by atoms with Crippen LogP contribution in [0, 0.1) is 11.3 Å². The normalized spacial score (nSPS) is 22.4. The first-order valence-electron chi connectivity index (χ1n) is 6.05. The molecular formula is C14H16N2OS. The summed E-state index contributed by atoms with van der Waals surface area (Å²) in [6, 6.07) is 9.38. The minimum absolute atomic E-state index is 0.120. The standard InChI is InChI=1S/C14H16N2OS/c1-14(7-2-8-18-14)13(17)16-10-12-5-3-11(9-15)4-6-12/h3-6H,2,7-8,10H2,1H3,(H,16,17). The van der Waals surface area contributed by atoms with Crippen molar-refractivity contribution in [3.63, 3.8) is 0 Å². The van der Waals surface area contributed by atoms with Gasteiger partial charge in [-0.25, -0.2) is 0 Å². The Kier molecular flexibility index (Phi) is 3.93. The predicted octanol–water partition coefficient (Wildman–Crippen LogP) is 2.46. The van der Waals surface area contributed by atoms with Crippen molar-refractivity contribution in [1.29, 1.82) is 5.26 Å². The van der Waals surface area contributed by atoms with Crippen molar-refractivity contribution in [1.82, 2.24) is 5.32 Å². The van der Waals surface area contributed by atoms with E-state index in [4.69, 9.17) is 5.26 Å². The fourth-order valence-corrected chi connectivity index (χ4v) is 3.26. The number of carbonyl (C=O) groups excluding carboxylic acids is 1. The largest absolute Gasteiger partial charge is 0.351 e. The average Bonchev–Trinajstić information content (AvgIpc) is 2.85. The quantitative estimate of drug-likeness (QED) is 0.908. The molecule has 2 rings (SSSR count). The molecule has 1 unspecified atom stereocenters. The highest BCUT2D eigenvalue weighted by molar-refractivity contribution is 8.01. The van der Waals surface area contributed by atoms with Crippen LogP contribution >= 0.6 is 11.8 Å². The molecule has 1 aromatic rings. The van der Waals surface area contributed by atoms with Gasteiger partial charge in [-0.2, -0.15) is 5.26 Å². The van der Waals surface area contributed by atoms with E-state index in [1.165, 1.54) is 0 Å². The van der Waals surface area contributed by atoms with Crippen LogP contribution in [0.25, 0.3) is 0 Å². The van der Waals surface area contributed by atoms with Crippen LogP contribution in [-0.4, -0.2) is 16.4 Å². The summed E-state index contributed by atoms with van der Waals surface area (Å²) in [6.45, 7) is 2.54. The smallest absolute Gasteiger partial charge is 0.236 e. The number of benzene rings is 1. The number of hydrogen-bond donors (Lipinski definition) is 1. The molecule has 1 aliphatic heterocycles. The molecular weight excluding hydrogens is 244 g/mol. The van der Waals surface area contributed by atoms with Gasteiger partial charge in [0.15, 0.2) is 0 Å². The van der Waals surface area contributed by atoms with Crippen molar-refractivity contribution in [3.8, 4) is 6.07 Å². The molecule has 1 aromatic carbocycles. The predicted molar refractivity (Wildman–Crippen MR) is 73.1 cm³/mol. The number of thioether (sulfide) groups is 1. The summed E-state index contributed by atoms with van der Waals surface area (Å²) in [5.41, 5.74) is 1.66. The van der Waals surface area contributed by atoms with E-state index in [1.54, 1.807) is 23.9 Å². The molecule has 3 nitrogen and oxygen atoms in total. The second-order valence-electron chi connectivity index (χ2n) is 4.67. The topological polar surface area (TPSA) is 52.9 Å². The SMILES string of the molecule is CC1(C(=O)NCc2ccc(C#N)cc2)CCCS1. The van der Waals surface area contributed by atoms with Crippen LogP contribution < -0.4 is 5.32 Å². The Hall–Kier alpha value is -1.47. The number of amides is 1. The van der Waals surface area contributed by atoms with Crippen LogP contribution in [0.3, 0.4) is 0 Å². The first kappa shape index (κ1) is 13.0. The highest BCUT2D eigenvalue weighted by atomic mass is 32.2. The van der Waals surface area contributed by atoms with Gasteiger partial charge in [-0.05, 0) is 43.2 Å². The maximum absolute atomic E-state index is 12.1. The van der Waals surface area contributed by atoms with Crippen molar-refractivity contribution in [2.24, 2.45) is 0 Å². The number of nitriles is 1. The Bertz CT molecular complexity index is 470. The molecule has 1 heterocycles. The van der Waals surface area contributed by atoms with Crippen molar-refractivity contribution in [2.45, 2.75) is 31.1 Å². The highest BCUT2D eigenvalue weighted by Crippen LogP contribution is 2.37. The zero-order valence-corrected chi connectivity index (χ0v) is 11.2. The molecule has 0 spiro atoms. The van der Waals surface area contributed by atoms with Gasteiger partial charge >= 0.3 is 0 Å². The van der Waals surface area contributed by atoms with Crippen LogP contribution in [-0.2, 0) is 11.3 Å². The third-order valence-electron chi connectivity index (χ3n) is 3.24. The van der Waals surface area contributed by atoms with E-state index in [1.807, 2.05) is 19.1 Å². The van der Waals surface area contributed by atoms with Gasteiger partial charge in [0.05, 0.1) is 16.4 Å². The first-order chi connectivity index (χ1) is 8.64. The highest BCUT2D eigenvalue weighted by Gasteiger charge is 2.36. The van der Waals surface area contributed by atoms with Crippen LogP contribution in [0.1, 0.15) is 30.9 Å². The molecule has 94 valence electrons. The first-order valence-corrected chi connectivity index (χ1v) is 7.04. The minimum Gasteiger partial charge on any atom is -0.351 e. The number of nitrogens with zero attached hydrogens (tertiary/aromatic N) is 1. The zero-order chi connectivity index (χ0) is 13.0. The summed E-state index contributed by atoms with van der Waals surface area (Å²) in [5.74, 6) is 1.19. The van der Waals surface area contributed by atoms with Crippen molar-refractivity contribution in [2.75, 3.05) is 5.75 Å². The second kappa shape index (κ2) is 5.45. The lowest BCUT2D eigenvalue weighted by atomic mass is 10.0. The summed E-state index contributed by atoms with van der Waals surface area (Å²) in [5, 5.41) is 11.7. The van der Waals surface area contributed by atoms with Crippen molar-refractivity contribution >= 4 is 17.7 Å². The van der Waals surface area contributed by atoms with E-state index in [0.29, 0.717) is 12.1 Å². The summed E-state index contributed by atoms with van der Waals surface area (Å²) in [4.78, 5) is 12.1. The van der Waals surface area contributed by atoms with Gasteiger partial charge in [-0.15, -0.1) is 11.8 Å². The van der Waals surface area contributed by atoms with Gasteiger partial charge in [0, 0.05) is 6.54 Å². The van der Waals surface area contributed by atoms with Gasteiger partial charge in [0.1, 0.15) is 0 Å². The number of carbonyl (C=O) groups is 1. The van der Waals surface area contributed by atoms with E-state index < -0.39 is 0 Å². The maximum atomic E-state index is 12.1. The maximum Gasteiger partial charge on any atom is 0.236 e.